The zero-order valence-electron chi connectivity index (χ0n) is 9.84. The number of benzene rings is 1. The third kappa shape index (κ3) is 2.08. The fourth-order valence-electron chi connectivity index (χ4n) is 1.87. The molecule has 1 amide bonds. The van der Waals surface area contributed by atoms with Gasteiger partial charge in [-0.2, -0.15) is 0 Å². The van der Waals surface area contributed by atoms with Gasteiger partial charge in [0.2, 0.25) is 5.91 Å². The molecule has 5 heteroatoms. The van der Waals surface area contributed by atoms with E-state index in [9.17, 15) is 9.59 Å². The molecule has 1 aromatic carbocycles. The molecule has 0 saturated heterocycles. The first-order valence-corrected chi connectivity index (χ1v) is 5.31. The van der Waals surface area contributed by atoms with E-state index in [1.165, 1.54) is 7.11 Å². The summed E-state index contributed by atoms with van der Waals surface area (Å²) in [6.07, 6.45) is 0. The molecule has 1 heterocycles. The standard InChI is InChI=1S/C12H14N2O3/c1-13-9-5-3-4-6-10(9)14(7-11(13)15)8-12(16)17-2/h3-6H,7-8H2,1-2H3. The number of anilines is 2. The second kappa shape index (κ2) is 4.45. The average Bonchev–Trinajstić information content (AvgIpc) is 2.35. The van der Waals surface area contributed by atoms with Crippen molar-refractivity contribution in [1.29, 1.82) is 0 Å². The Bertz CT molecular complexity index is 459. The molecule has 0 radical (unpaired) electrons. The average molecular weight is 234 g/mol. The highest BCUT2D eigenvalue weighted by Crippen LogP contribution is 2.31. The van der Waals surface area contributed by atoms with Crippen molar-refractivity contribution in [2.24, 2.45) is 0 Å². The Morgan fingerprint density at radius 2 is 2.00 bits per heavy atom. The van der Waals surface area contributed by atoms with E-state index in [1.807, 2.05) is 24.3 Å². The van der Waals surface area contributed by atoms with Crippen molar-refractivity contribution in [2.45, 2.75) is 0 Å². The van der Waals surface area contributed by atoms with Gasteiger partial charge in [0.25, 0.3) is 0 Å². The van der Waals surface area contributed by atoms with Gasteiger partial charge in [-0.25, -0.2) is 0 Å². The number of methoxy groups -OCH3 is 1. The monoisotopic (exact) mass is 234 g/mol. The quantitative estimate of drug-likeness (QED) is 0.705. The molecule has 1 aromatic rings. The largest absolute Gasteiger partial charge is 0.468 e. The van der Waals surface area contributed by atoms with E-state index in [4.69, 9.17) is 0 Å². The van der Waals surface area contributed by atoms with Crippen LogP contribution in [0, 0.1) is 0 Å². The van der Waals surface area contributed by atoms with Crippen molar-refractivity contribution in [3.63, 3.8) is 0 Å². The fraction of sp³-hybridized carbons (Fsp3) is 0.333. The topological polar surface area (TPSA) is 49.9 Å². The van der Waals surface area contributed by atoms with Crippen molar-refractivity contribution < 1.29 is 14.3 Å². The van der Waals surface area contributed by atoms with E-state index in [0.29, 0.717) is 0 Å². The van der Waals surface area contributed by atoms with Crippen LogP contribution in [-0.4, -0.2) is 39.1 Å². The predicted octanol–water partition coefficient (Wildman–Crippen LogP) is 0.642. The highest BCUT2D eigenvalue weighted by atomic mass is 16.5. The molecule has 1 aliphatic rings. The minimum absolute atomic E-state index is 0.0346. The Hall–Kier alpha value is -2.04. The number of para-hydroxylation sites is 2. The highest BCUT2D eigenvalue weighted by Gasteiger charge is 2.27. The summed E-state index contributed by atoms with van der Waals surface area (Å²) in [7, 11) is 3.07. The highest BCUT2D eigenvalue weighted by molar-refractivity contribution is 6.03. The lowest BCUT2D eigenvalue weighted by Gasteiger charge is -2.34. The number of amides is 1. The Labute approximate surface area is 99.6 Å². The summed E-state index contributed by atoms with van der Waals surface area (Å²) in [5, 5.41) is 0. The van der Waals surface area contributed by atoms with Crippen molar-refractivity contribution in [3.8, 4) is 0 Å². The first-order valence-electron chi connectivity index (χ1n) is 5.31. The molecular weight excluding hydrogens is 220 g/mol. The van der Waals surface area contributed by atoms with Crippen molar-refractivity contribution in [2.75, 3.05) is 37.0 Å². The minimum atomic E-state index is -0.350. The summed E-state index contributed by atoms with van der Waals surface area (Å²) in [4.78, 5) is 26.4. The van der Waals surface area contributed by atoms with Gasteiger partial charge in [0.15, 0.2) is 0 Å². The normalized spacial score (nSPS) is 14.6. The molecule has 0 aromatic heterocycles. The predicted molar refractivity (Wildman–Crippen MR) is 64.1 cm³/mol. The van der Waals surface area contributed by atoms with E-state index in [2.05, 4.69) is 4.74 Å². The Kier molecular flexibility index (Phi) is 2.99. The van der Waals surface area contributed by atoms with Crippen LogP contribution in [0.4, 0.5) is 11.4 Å². The lowest BCUT2D eigenvalue weighted by Crippen LogP contribution is -2.45. The maximum Gasteiger partial charge on any atom is 0.325 e. The molecular formula is C12H14N2O3. The number of hydrogen-bond donors (Lipinski definition) is 0. The van der Waals surface area contributed by atoms with Gasteiger partial charge in [-0.05, 0) is 12.1 Å². The number of hydrogen-bond acceptors (Lipinski definition) is 4. The van der Waals surface area contributed by atoms with Crippen LogP contribution in [0.2, 0.25) is 0 Å². The molecule has 0 saturated carbocycles. The van der Waals surface area contributed by atoms with Crippen LogP contribution in [0.15, 0.2) is 24.3 Å². The van der Waals surface area contributed by atoms with Crippen LogP contribution in [0.5, 0.6) is 0 Å². The van der Waals surface area contributed by atoms with Gasteiger partial charge in [-0.15, -0.1) is 0 Å². The van der Waals surface area contributed by atoms with E-state index in [0.717, 1.165) is 11.4 Å². The lowest BCUT2D eigenvalue weighted by molar-refractivity contribution is -0.138. The van der Waals surface area contributed by atoms with Crippen LogP contribution < -0.4 is 9.80 Å². The molecule has 0 N–H and O–H groups in total. The third-order valence-electron chi connectivity index (χ3n) is 2.83. The molecule has 0 fully saturated rings. The van der Waals surface area contributed by atoms with E-state index >= 15 is 0 Å². The molecule has 0 aliphatic carbocycles. The van der Waals surface area contributed by atoms with Crippen LogP contribution >= 0.6 is 0 Å². The van der Waals surface area contributed by atoms with Crippen molar-refractivity contribution in [1.82, 2.24) is 0 Å². The molecule has 90 valence electrons. The van der Waals surface area contributed by atoms with Gasteiger partial charge >= 0.3 is 5.97 Å². The fourth-order valence-corrected chi connectivity index (χ4v) is 1.87. The van der Waals surface area contributed by atoms with Crippen molar-refractivity contribution >= 4 is 23.3 Å². The number of nitrogens with zero attached hydrogens (tertiary/aromatic N) is 2. The smallest absolute Gasteiger partial charge is 0.325 e. The van der Waals surface area contributed by atoms with Gasteiger partial charge in [0.1, 0.15) is 6.54 Å². The molecule has 0 spiro atoms. The zero-order chi connectivity index (χ0) is 12.4. The summed E-state index contributed by atoms with van der Waals surface area (Å²) in [5.41, 5.74) is 1.69. The van der Waals surface area contributed by atoms with Crippen molar-refractivity contribution in [3.05, 3.63) is 24.3 Å². The first-order chi connectivity index (χ1) is 8.13. The minimum Gasteiger partial charge on any atom is -0.468 e. The second-order valence-electron chi connectivity index (χ2n) is 3.87. The number of likely N-dealkylation sites (N-methyl/N-ethyl adjacent to an activating group) is 1. The third-order valence-corrected chi connectivity index (χ3v) is 2.83. The number of fused-ring (bicyclic) bond motifs is 1. The maximum atomic E-state index is 11.8. The van der Waals surface area contributed by atoms with Crippen LogP contribution in [0.1, 0.15) is 0 Å². The second-order valence-corrected chi connectivity index (χ2v) is 3.87. The molecule has 0 atom stereocenters. The van der Waals surface area contributed by atoms with Crippen LogP contribution in [-0.2, 0) is 14.3 Å². The summed E-state index contributed by atoms with van der Waals surface area (Å²) in [5.74, 6) is -0.384. The molecule has 1 aliphatic heterocycles. The Morgan fingerprint density at radius 1 is 1.35 bits per heavy atom. The SMILES string of the molecule is COC(=O)CN1CC(=O)N(C)c2ccccc21. The molecule has 17 heavy (non-hydrogen) atoms. The number of carbonyl (C=O) groups is 2. The lowest BCUT2D eigenvalue weighted by atomic mass is 10.1. The van der Waals surface area contributed by atoms with Gasteiger partial charge in [0.05, 0.1) is 25.0 Å². The zero-order valence-corrected chi connectivity index (χ0v) is 9.84. The summed E-state index contributed by atoms with van der Waals surface area (Å²) >= 11 is 0. The van der Waals surface area contributed by atoms with E-state index < -0.39 is 0 Å². The Balaban J connectivity index is 2.33. The molecule has 0 unspecified atom stereocenters. The number of rotatable bonds is 2. The summed E-state index contributed by atoms with van der Waals surface area (Å²) in [6, 6.07) is 7.49. The number of carbonyl (C=O) groups excluding carboxylic acids is 2. The molecule has 2 rings (SSSR count). The van der Waals surface area contributed by atoms with Gasteiger partial charge < -0.3 is 14.5 Å². The summed E-state index contributed by atoms with van der Waals surface area (Å²) in [6.45, 7) is 0.287. The number of esters is 1. The van der Waals surface area contributed by atoms with E-state index in [1.54, 1.807) is 16.8 Å². The van der Waals surface area contributed by atoms with E-state index in [-0.39, 0.29) is 25.0 Å². The molecule has 5 nitrogen and oxygen atoms in total. The molecule has 0 bridgehead atoms. The Morgan fingerprint density at radius 3 is 2.65 bits per heavy atom. The maximum absolute atomic E-state index is 11.8. The first kappa shape index (κ1) is 11.4. The van der Waals surface area contributed by atoms with Gasteiger partial charge in [-0.1, -0.05) is 12.1 Å². The summed E-state index contributed by atoms with van der Waals surface area (Å²) < 4.78 is 4.62. The van der Waals surface area contributed by atoms with Gasteiger partial charge in [-0.3, -0.25) is 9.59 Å². The van der Waals surface area contributed by atoms with Crippen LogP contribution in [0.3, 0.4) is 0 Å². The van der Waals surface area contributed by atoms with Gasteiger partial charge in [0, 0.05) is 7.05 Å². The number of ether oxygens (including phenoxy) is 1. The van der Waals surface area contributed by atoms with Crippen LogP contribution in [0.25, 0.3) is 0 Å².